The molecule has 0 unspecified atom stereocenters. The van der Waals surface area contributed by atoms with Gasteiger partial charge >= 0.3 is 0 Å². The summed E-state index contributed by atoms with van der Waals surface area (Å²) in [5.74, 6) is 0. The quantitative estimate of drug-likeness (QED) is 0.814. The first-order valence-electron chi connectivity index (χ1n) is 9.37. The SMILES string of the molecule is CCc1cc2/c(cc1CC)=C\C=c1\cc(CC)c(CC)c\c1=C\C=2. The Bertz CT molecular complexity index is 822. The van der Waals surface area contributed by atoms with E-state index in [1.165, 1.54) is 43.1 Å². The van der Waals surface area contributed by atoms with Gasteiger partial charge in [-0.25, -0.2) is 0 Å². The normalized spacial score (nSPS) is 18.2. The first-order chi connectivity index (χ1) is 11.7. The number of hydrogen-bond acceptors (Lipinski definition) is 0. The lowest BCUT2D eigenvalue weighted by Gasteiger charge is -2.08. The highest BCUT2D eigenvalue weighted by Gasteiger charge is 2.02. The van der Waals surface area contributed by atoms with E-state index in [2.05, 4.69) is 76.3 Å². The van der Waals surface area contributed by atoms with Crippen molar-refractivity contribution in [2.24, 2.45) is 0 Å². The van der Waals surface area contributed by atoms with Crippen LogP contribution in [0.5, 0.6) is 0 Å². The van der Waals surface area contributed by atoms with Crippen LogP contribution in [0.4, 0.5) is 0 Å². The Morgan fingerprint density at radius 1 is 0.417 bits per heavy atom. The Kier molecular flexibility index (Phi) is 5.04. The van der Waals surface area contributed by atoms with Gasteiger partial charge in [-0.3, -0.25) is 0 Å². The van der Waals surface area contributed by atoms with Crippen LogP contribution < -0.4 is 20.9 Å². The zero-order chi connectivity index (χ0) is 17.1. The van der Waals surface area contributed by atoms with Crippen molar-refractivity contribution in [2.45, 2.75) is 53.4 Å². The number of fused-ring (bicyclic) bond motifs is 2. The van der Waals surface area contributed by atoms with Gasteiger partial charge in [0.15, 0.2) is 0 Å². The molecule has 2 aromatic carbocycles. The Labute approximate surface area is 145 Å². The molecule has 1 aliphatic rings. The van der Waals surface area contributed by atoms with Gasteiger partial charge in [-0.05, 0) is 68.8 Å². The highest BCUT2D eigenvalue weighted by Crippen LogP contribution is 2.07. The summed E-state index contributed by atoms with van der Waals surface area (Å²) in [7, 11) is 0. The Hall–Kier alpha value is -2.08. The van der Waals surface area contributed by atoms with Crippen LogP contribution in [0.15, 0.2) is 24.3 Å². The molecular weight excluding hydrogens is 288 g/mol. The van der Waals surface area contributed by atoms with Gasteiger partial charge in [0.2, 0.25) is 0 Å². The molecule has 0 nitrogen and oxygen atoms in total. The second-order valence-corrected chi connectivity index (χ2v) is 6.58. The van der Waals surface area contributed by atoms with Crippen LogP contribution in [0.25, 0.3) is 24.3 Å². The summed E-state index contributed by atoms with van der Waals surface area (Å²) >= 11 is 0. The molecule has 0 aromatic heterocycles. The van der Waals surface area contributed by atoms with E-state index in [-0.39, 0.29) is 0 Å². The number of hydrogen-bond donors (Lipinski definition) is 0. The predicted octanol–water partition coefficient (Wildman–Crippen LogP) is 2.77. The topological polar surface area (TPSA) is 0 Å². The van der Waals surface area contributed by atoms with Gasteiger partial charge < -0.3 is 0 Å². The van der Waals surface area contributed by atoms with E-state index in [0.717, 1.165) is 25.7 Å². The molecule has 3 rings (SSSR count). The minimum atomic E-state index is 1.10. The highest BCUT2D eigenvalue weighted by atomic mass is 14.1. The molecule has 0 amide bonds. The summed E-state index contributed by atoms with van der Waals surface area (Å²) in [6, 6.07) is 9.50. The molecule has 0 N–H and O–H groups in total. The number of rotatable bonds is 4. The fourth-order valence-corrected chi connectivity index (χ4v) is 3.71. The average molecular weight is 316 g/mol. The van der Waals surface area contributed by atoms with E-state index < -0.39 is 0 Å². The van der Waals surface area contributed by atoms with Crippen LogP contribution in [0.3, 0.4) is 0 Å². The zero-order valence-electron chi connectivity index (χ0n) is 15.4. The lowest BCUT2D eigenvalue weighted by Crippen LogP contribution is -2.31. The third-order valence-electron chi connectivity index (χ3n) is 5.22. The molecule has 0 heteroatoms. The summed E-state index contributed by atoms with van der Waals surface area (Å²) < 4.78 is 0. The molecule has 0 aliphatic heterocycles. The van der Waals surface area contributed by atoms with Crippen molar-refractivity contribution in [1.82, 2.24) is 0 Å². The summed E-state index contributed by atoms with van der Waals surface area (Å²) in [6.45, 7) is 8.99. The minimum absolute atomic E-state index is 1.10. The van der Waals surface area contributed by atoms with Crippen molar-refractivity contribution < 1.29 is 0 Å². The molecule has 0 saturated heterocycles. The molecular formula is C24H28. The summed E-state index contributed by atoms with van der Waals surface area (Å²) in [5.41, 5.74) is 5.91. The monoisotopic (exact) mass is 316 g/mol. The zero-order valence-corrected chi connectivity index (χ0v) is 15.4. The number of aryl methyl sites for hydroxylation is 4. The van der Waals surface area contributed by atoms with E-state index in [1.54, 1.807) is 0 Å². The van der Waals surface area contributed by atoms with Crippen LogP contribution in [0.1, 0.15) is 49.9 Å². The lowest BCUT2D eigenvalue weighted by molar-refractivity contribution is 1.03. The summed E-state index contributed by atoms with van der Waals surface area (Å²) in [6.07, 6.45) is 13.6. The Balaban J connectivity index is 2.30. The van der Waals surface area contributed by atoms with Gasteiger partial charge in [-0.2, -0.15) is 0 Å². The van der Waals surface area contributed by atoms with Crippen molar-refractivity contribution in [3.8, 4) is 0 Å². The van der Waals surface area contributed by atoms with E-state index >= 15 is 0 Å². The van der Waals surface area contributed by atoms with E-state index in [0.29, 0.717) is 0 Å². The highest BCUT2D eigenvalue weighted by molar-refractivity contribution is 5.69. The van der Waals surface area contributed by atoms with E-state index in [4.69, 9.17) is 0 Å². The van der Waals surface area contributed by atoms with E-state index in [1.807, 2.05) is 0 Å². The van der Waals surface area contributed by atoms with Crippen molar-refractivity contribution >= 4 is 24.3 Å². The maximum absolute atomic E-state index is 2.38. The maximum Gasteiger partial charge on any atom is -0.0181 e. The molecule has 0 radical (unpaired) electrons. The van der Waals surface area contributed by atoms with E-state index in [9.17, 15) is 0 Å². The molecule has 1 aliphatic carbocycles. The molecule has 24 heavy (non-hydrogen) atoms. The smallest absolute Gasteiger partial charge is 0.0181 e. The number of benzene rings is 2. The third kappa shape index (κ3) is 3.11. The van der Waals surface area contributed by atoms with Crippen LogP contribution in [0.2, 0.25) is 0 Å². The second kappa shape index (κ2) is 7.21. The van der Waals surface area contributed by atoms with Gasteiger partial charge in [0.25, 0.3) is 0 Å². The molecule has 0 bridgehead atoms. The van der Waals surface area contributed by atoms with Crippen LogP contribution >= 0.6 is 0 Å². The first-order valence-corrected chi connectivity index (χ1v) is 9.37. The molecule has 2 aromatic rings. The largest absolute Gasteiger partial charge is 0.0613 e. The first kappa shape index (κ1) is 16.8. The van der Waals surface area contributed by atoms with Crippen molar-refractivity contribution in [1.29, 1.82) is 0 Å². The molecule has 124 valence electrons. The van der Waals surface area contributed by atoms with Crippen LogP contribution in [-0.2, 0) is 25.7 Å². The third-order valence-corrected chi connectivity index (χ3v) is 5.22. The van der Waals surface area contributed by atoms with Gasteiger partial charge in [-0.1, -0.05) is 76.3 Å². The average Bonchev–Trinajstić information content (AvgIpc) is 2.62. The van der Waals surface area contributed by atoms with Crippen molar-refractivity contribution in [3.05, 3.63) is 67.4 Å². The fraction of sp³-hybridized carbons (Fsp3) is 0.333. The van der Waals surface area contributed by atoms with Crippen molar-refractivity contribution in [2.75, 3.05) is 0 Å². The second-order valence-electron chi connectivity index (χ2n) is 6.58. The Morgan fingerprint density at radius 3 is 0.792 bits per heavy atom. The van der Waals surface area contributed by atoms with Crippen LogP contribution in [0, 0.1) is 0 Å². The lowest BCUT2D eigenvalue weighted by atomic mass is 9.97. The minimum Gasteiger partial charge on any atom is -0.0613 e. The van der Waals surface area contributed by atoms with Crippen LogP contribution in [-0.4, -0.2) is 0 Å². The molecule has 0 heterocycles. The Morgan fingerprint density at radius 2 is 0.625 bits per heavy atom. The predicted molar refractivity (Wildman–Crippen MR) is 107 cm³/mol. The summed E-state index contributed by atoms with van der Waals surface area (Å²) in [5, 5.41) is 5.35. The summed E-state index contributed by atoms with van der Waals surface area (Å²) in [4.78, 5) is 0. The fourth-order valence-electron chi connectivity index (χ4n) is 3.71. The molecule has 0 atom stereocenters. The van der Waals surface area contributed by atoms with Gasteiger partial charge in [0, 0.05) is 0 Å². The molecule has 0 saturated carbocycles. The molecule has 0 spiro atoms. The standard InChI is InChI=1S/C24H28/c1-5-17-13-21-9-10-23-15-19(7-3)20(8-4)16-24(23)12-11-22(21)14-18(17)6-2/h9-16H,5-8H2,1-4H3/b10-9?,12-11?,21-9-,22-11-,23-10-,24-12-. The molecule has 0 fully saturated rings. The van der Waals surface area contributed by atoms with Crippen molar-refractivity contribution in [3.63, 3.8) is 0 Å². The van der Waals surface area contributed by atoms with Gasteiger partial charge in [0.05, 0.1) is 0 Å². The van der Waals surface area contributed by atoms with Gasteiger partial charge in [0.1, 0.15) is 0 Å². The maximum atomic E-state index is 2.38. The van der Waals surface area contributed by atoms with Gasteiger partial charge in [-0.15, -0.1) is 0 Å².